The summed E-state index contributed by atoms with van der Waals surface area (Å²) in [6.07, 6.45) is 5.81. The Labute approximate surface area is 110 Å². The summed E-state index contributed by atoms with van der Waals surface area (Å²) in [5, 5.41) is 11.6. The summed E-state index contributed by atoms with van der Waals surface area (Å²) in [7, 11) is 0. The van der Waals surface area contributed by atoms with Gasteiger partial charge in [-0.15, -0.1) is 0 Å². The van der Waals surface area contributed by atoms with E-state index >= 15 is 0 Å². The third-order valence-electron chi connectivity index (χ3n) is 3.62. The maximum absolute atomic E-state index is 13.7. The quantitative estimate of drug-likeness (QED) is 0.877. The molecule has 0 unspecified atom stereocenters. The first-order valence-corrected chi connectivity index (χ1v) is 6.54. The Morgan fingerprint density at radius 3 is 2.53 bits per heavy atom. The predicted molar refractivity (Wildman–Crippen MR) is 68.4 cm³/mol. The number of carboxylic acids is 1. The van der Waals surface area contributed by atoms with E-state index in [0.29, 0.717) is 12.5 Å². The molecule has 1 aliphatic rings. The van der Waals surface area contributed by atoms with Crippen molar-refractivity contribution < 1.29 is 18.7 Å². The van der Waals surface area contributed by atoms with Gasteiger partial charge in [-0.25, -0.2) is 13.6 Å². The molecular weight excluding hydrogens is 252 g/mol. The van der Waals surface area contributed by atoms with Crippen LogP contribution in [0, 0.1) is 17.6 Å². The summed E-state index contributed by atoms with van der Waals surface area (Å²) in [5.41, 5.74) is -0.603. The van der Waals surface area contributed by atoms with Crippen molar-refractivity contribution in [1.29, 1.82) is 0 Å². The van der Waals surface area contributed by atoms with Crippen LogP contribution >= 0.6 is 0 Å². The molecule has 1 aromatic rings. The monoisotopic (exact) mass is 269 g/mol. The van der Waals surface area contributed by atoms with E-state index in [0.717, 1.165) is 18.9 Å². The first-order valence-electron chi connectivity index (χ1n) is 6.54. The van der Waals surface area contributed by atoms with Gasteiger partial charge in [0.25, 0.3) is 0 Å². The zero-order valence-corrected chi connectivity index (χ0v) is 10.6. The first kappa shape index (κ1) is 13.8. The number of aromatic carboxylic acids is 1. The zero-order chi connectivity index (χ0) is 13.8. The van der Waals surface area contributed by atoms with Gasteiger partial charge in [-0.1, -0.05) is 19.3 Å². The molecule has 0 saturated heterocycles. The summed E-state index contributed by atoms with van der Waals surface area (Å²) in [6, 6.07) is 2.37. The van der Waals surface area contributed by atoms with Gasteiger partial charge in [-0.2, -0.15) is 0 Å². The molecule has 1 fully saturated rings. The molecule has 0 amide bonds. The van der Waals surface area contributed by atoms with E-state index in [4.69, 9.17) is 5.11 Å². The molecule has 1 aromatic carbocycles. The molecule has 0 spiro atoms. The van der Waals surface area contributed by atoms with Crippen LogP contribution in [0.3, 0.4) is 0 Å². The molecule has 1 saturated carbocycles. The van der Waals surface area contributed by atoms with Gasteiger partial charge in [0.2, 0.25) is 0 Å². The second kappa shape index (κ2) is 5.99. The molecule has 104 valence electrons. The van der Waals surface area contributed by atoms with E-state index in [1.165, 1.54) is 25.3 Å². The highest BCUT2D eigenvalue weighted by atomic mass is 19.2. The predicted octanol–water partition coefficient (Wildman–Crippen LogP) is 3.66. The number of benzene rings is 1. The van der Waals surface area contributed by atoms with Crippen molar-refractivity contribution >= 4 is 11.7 Å². The lowest BCUT2D eigenvalue weighted by Crippen LogP contribution is -2.18. The van der Waals surface area contributed by atoms with Crippen LogP contribution in [-0.2, 0) is 0 Å². The van der Waals surface area contributed by atoms with Crippen LogP contribution in [0.1, 0.15) is 42.5 Å². The molecule has 0 atom stereocenters. The normalized spacial score (nSPS) is 16.3. The van der Waals surface area contributed by atoms with Crippen LogP contribution in [-0.4, -0.2) is 17.6 Å². The Kier molecular flexibility index (Phi) is 4.35. The Morgan fingerprint density at radius 1 is 1.21 bits per heavy atom. The van der Waals surface area contributed by atoms with Gasteiger partial charge in [-0.3, -0.25) is 0 Å². The number of nitrogens with one attached hydrogen (secondary N) is 1. The van der Waals surface area contributed by atoms with Crippen molar-refractivity contribution in [3.8, 4) is 0 Å². The van der Waals surface area contributed by atoms with E-state index in [9.17, 15) is 13.6 Å². The molecule has 0 radical (unpaired) electrons. The minimum Gasteiger partial charge on any atom is -0.478 e. The summed E-state index contributed by atoms with van der Waals surface area (Å²) in [4.78, 5) is 10.7. The fourth-order valence-corrected chi connectivity index (χ4v) is 2.50. The minimum absolute atomic E-state index is 0.0353. The Morgan fingerprint density at radius 2 is 1.89 bits per heavy atom. The molecule has 0 aromatic heterocycles. The molecule has 2 N–H and O–H groups in total. The number of rotatable bonds is 4. The highest BCUT2D eigenvalue weighted by Crippen LogP contribution is 2.25. The van der Waals surface area contributed by atoms with Crippen molar-refractivity contribution in [2.75, 3.05) is 11.9 Å². The second-order valence-electron chi connectivity index (χ2n) is 4.98. The average Bonchev–Trinajstić information content (AvgIpc) is 2.41. The average molecular weight is 269 g/mol. The first-order chi connectivity index (χ1) is 9.09. The summed E-state index contributed by atoms with van der Waals surface area (Å²) in [5.74, 6) is -3.40. The molecule has 3 nitrogen and oxygen atoms in total. The van der Waals surface area contributed by atoms with E-state index in [1.807, 2.05) is 0 Å². The van der Waals surface area contributed by atoms with Gasteiger partial charge in [0.15, 0.2) is 11.6 Å². The molecular formula is C14H17F2NO2. The van der Waals surface area contributed by atoms with Crippen LogP contribution in [0.2, 0.25) is 0 Å². The van der Waals surface area contributed by atoms with Gasteiger partial charge in [0.05, 0.1) is 11.3 Å². The summed E-state index contributed by atoms with van der Waals surface area (Å²) in [6.45, 7) is 0.600. The maximum Gasteiger partial charge on any atom is 0.338 e. The molecule has 0 aliphatic heterocycles. The number of carboxylic acid groups (broad SMARTS) is 1. The molecule has 5 heteroatoms. The Hall–Kier alpha value is -1.65. The fourth-order valence-electron chi connectivity index (χ4n) is 2.50. The molecule has 1 aliphatic carbocycles. The highest BCUT2D eigenvalue weighted by molar-refractivity contribution is 5.88. The minimum atomic E-state index is -1.46. The number of anilines is 1. The lowest BCUT2D eigenvalue weighted by atomic mass is 9.89. The Balaban J connectivity index is 2.04. The zero-order valence-electron chi connectivity index (χ0n) is 10.6. The van der Waals surface area contributed by atoms with Gasteiger partial charge in [0.1, 0.15) is 0 Å². The molecule has 0 heterocycles. The maximum atomic E-state index is 13.7. The van der Waals surface area contributed by atoms with Crippen molar-refractivity contribution in [3.63, 3.8) is 0 Å². The smallest absolute Gasteiger partial charge is 0.338 e. The van der Waals surface area contributed by atoms with E-state index in [1.54, 1.807) is 0 Å². The Bertz CT molecular complexity index is 471. The topological polar surface area (TPSA) is 49.3 Å². The van der Waals surface area contributed by atoms with E-state index in [2.05, 4.69) is 5.32 Å². The standard InChI is InChI=1S/C14H17F2NO2/c15-12-10(14(18)19)6-7-11(13(12)16)17-8-9-4-2-1-3-5-9/h6-7,9,17H,1-5,8H2,(H,18,19). The van der Waals surface area contributed by atoms with E-state index < -0.39 is 23.2 Å². The lowest BCUT2D eigenvalue weighted by Gasteiger charge is -2.22. The summed E-state index contributed by atoms with van der Waals surface area (Å²) < 4.78 is 27.2. The number of hydrogen-bond acceptors (Lipinski definition) is 2. The number of halogens is 2. The van der Waals surface area contributed by atoms with E-state index in [-0.39, 0.29) is 5.69 Å². The molecule has 19 heavy (non-hydrogen) atoms. The van der Waals surface area contributed by atoms with Gasteiger partial charge < -0.3 is 10.4 Å². The fraction of sp³-hybridized carbons (Fsp3) is 0.500. The van der Waals surface area contributed by atoms with Crippen molar-refractivity contribution in [2.24, 2.45) is 5.92 Å². The van der Waals surface area contributed by atoms with Crippen molar-refractivity contribution in [3.05, 3.63) is 29.3 Å². The van der Waals surface area contributed by atoms with Crippen LogP contribution < -0.4 is 5.32 Å². The third-order valence-corrected chi connectivity index (χ3v) is 3.62. The SMILES string of the molecule is O=C(O)c1ccc(NCC2CCCCC2)c(F)c1F. The van der Waals surface area contributed by atoms with Crippen LogP contribution in [0.5, 0.6) is 0 Å². The van der Waals surface area contributed by atoms with Gasteiger partial charge in [0, 0.05) is 6.54 Å². The van der Waals surface area contributed by atoms with Gasteiger partial charge in [-0.05, 0) is 30.9 Å². The number of hydrogen-bond donors (Lipinski definition) is 2. The number of carbonyl (C=O) groups is 1. The van der Waals surface area contributed by atoms with Crippen LogP contribution in [0.4, 0.5) is 14.5 Å². The van der Waals surface area contributed by atoms with Gasteiger partial charge >= 0.3 is 5.97 Å². The largest absolute Gasteiger partial charge is 0.478 e. The van der Waals surface area contributed by atoms with Crippen molar-refractivity contribution in [1.82, 2.24) is 0 Å². The highest BCUT2D eigenvalue weighted by Gasteiger charge is 2.19. The second-order valence-corrected chi connectivity index (χ2v) is 4.98. The van der Waals surface area contributed by atoms with Crippen molar-refractivity contribution in [2.45, 2.75) is 32.1 Å². The molecule has 2 rings (SSSR count). The molecule has 0 bridgehead atoms. The van der Waals surface area contributed by atoms with Crippen LogP contribution in [0.25, 0.3) is 0 Å². The lowest BCUT2D eigenvalue weighted by molar-refractivity contribution is 0.0690. The third kappa shape index (κ3) is 3.22. The van der Waals surface area contributed by atoms with Crippen LogP contribution in [0.15, 0.2) is 12.1 Å². The summed E-state index contributed by atoms with van der Waals surface area (Å²) >= 11 is 0.